The highest BCUT2D eigenvalue weighted by atomic mass is 127. The molecular weight excluding hydrogens is 431 g/mol. The maximum Gasteiger partial charge on any atom is 0.277 e. The zero-order valence-electron chi connectivity index (χ0n) is 13.9. The fourth-order valence-corrected chi connectivity index (χ4v) is 3.30. The first-order valence-corrected chi connectivity index (χ1v) is 9.80. The van der Waals surface area contributed by atoms with E-state index < -0.39 is 0 Å². The van der Waals surface area contributed by atoms with Crippen LogP contribution < -0.4 is 0 Å². The third-order valence-corrected chi connectivity index (χ3v) is 5.29. The molecule has 0 fully saturated rings. The van der Waals surface area contributed by atoms with E-state index in [4.69, 9.17) is 4.42 Å². The molecule has 0 saturated carbocycles. The lowest BCUT2D eigenvalue weighted by molar-refractivity contribution is 0.466. The quantitative estimate of drug-likeness (QED) is 0.365. The van der Waals surface area contributed by atoms with Crippen molar-refractivity contribution in [3.8, 4) is 11.5 Å². The highest BCUT2D eigenvalue weighted by Crippen LogP contribution is 2.28. The summed E-state index contributed by atoms with van der Waals surface area (Å²) in [6, 6.07) is 16.8. The Morgan fingerprint density at radius 3 is 2.25 bits per heavy atom. The minimum absolute atomic E-state index is 0.141. The molecule has 2 aromatic carbocycles. The molecule has 0 bridgehead atoms. The minimum atomic E-state index is 0.141. The first-order valence-electron chi connectivity index (χ1n) is 7.73. The molecule has 0 N–H and O–H groups in total. The van der Waals surface area contributed by atoms with Gasteiger partial charge in [-0.2, -0.15) is 0 Å². The molecule has 0 aliphatic rings. The Labute approximate surface area is 160 Å². The molecular formula is C19H19IN2OS. The molecule has 0 aliphatic heterocycles. The van der Waals surface area contributed by atoms with Gasteiger partial charge in [0.15, 0.2) is 0 Å². The second-order valence-electron chi connectivity index (χ2n) is 6.62. The second kappa shape index (κ2) is 7.27. The van der Waals surface area contributed by atoms with Gasteiger partial charge < -0.3 is 4.42 Å². The molecule has 0 amide bonds. The van der Waals surface area contributed by atoms with Crippen LogP contribution >= 0.6 is 34.4 Å². The smallest absolute Gasteiger partial charge is 0.277 e. The lowest BCUT2D eigenvalue weighted by Gasteiger charge is -2.18. The molecule has 3 aromatic rings. The molecule has 24 heavy (non-hydrogen) atoms. The largest absolute Gasteiger partial charge is 0.411 e. The third kappa shape index (κ3) is 4.39. The van der Waals surface area contributed by atoms with Crippen LogP contribution in [-0.2, 0) is 11.2 Å². The fraction of sp³-hybridized carbons (Fsp3) is 0.263. The summed E-state index contributed by atoms with van der Waals surface area (Å²) in [5.41, 5.74) is 3.63. The lowest BCUT2D eigenvalue weighted by Crippen LogP contribution is -2.10. The van der Waals surface area contributed by atoms with Gasteiger partial charge in [0.2, 0.25) is 5.89 Å². The van der Waals surface area contributed by atoms with Crippen molar-refractivity contribution in [1.82, 2.24) is 10.2 Å². The van der Waals surface area contributed by atoms with Gasteiger partial charge in [0.25, 0.3) is 5.22 Å². The number of hydrogen-bond acceptors (Lipinski definition) is 4. The second-order valence-corrected chi connectivity index (χ2v) is 8.79. The molecule has 0 spiro atoms. The molecule has 3 nitrogen and oxygen atoms in total. The molecule has 3 rings (SSSR count). The number of hydrogen-bond donors (Lipinski definition) is 0. The van der Waals surface area contributed by atoms with Crippen molar-refractivity contribution >= 4 is 34.4 Å². The summed E-state index contributed by atoms with van der Waals surface area (Å²) in [5.74, 6) is 1.39. The lowest BCUT2D eigenvalue weighted by atomic mass is 9.87. The summed E-state index contributed by atoms with van der Waals surface area (Å²) in [7, 11) is 0. The first-order chi connectivity index (χ1) is 11.4. The van der Waals surface area contributed by atoms with E-state index in [9.17, 15) is 0 Å². The molecule has 0 saturated heterocycles. The summed E-state index contributed by atoms with van der Waals surface area (Å²) in [6.45, 7) is 6.61. The van der Waals surface area contributed by atoms with E-state index in [0.29, 0.717) is 11.1 Å². The van der Waals surface area contributed by atoms with Crippen LogP contribution in [0, 0.1) is 3.57 Å². The SMILES string of the molecule is CC(C)(C)c1ccc(-c2nnc(SCc3ccc(I)cc3)o2)cc1. The van der Waals surface area contributed by atoms with Crippen molar-refractivity contribution < 1.29 is 4.42 Å². The Kier molecular flexibility index (Phi) is 5.30. The molecule has 5 heteroatoms. The van der Waals surface area contributed by atoms with Crippen LogP contribution in [0.3, 0.4) is 0 Å². The number of benzene rings is 2. The van der Waals surface area contributed by atoms with E-state index in [1.54, 1.807) is 11.8 Å². The van der Waals surface area contributed by atoms with Gasteiger partial charge in [0.05, 0.1) is 0 Å². The van der Waals surface area contributed by atoms with Gasteiger partial charge >= 0.3 is 0 Å². The molecule has 0 radical (unpaired) electrons. The summed E-state index contributed by atoms with van der Waals surface area (Å²) < 4.78 is 7.02. The zero-order valence-corrected chi connectivity index (χ0v) is 16.9. The highest BCUT2D eigenvalue weighted by Gasteiger charge is 2.14. The maximum atomic E-state index is 5.78. The topological polar surface area (TPSA) is 38.9 Å². The van der Waals surface area contributed by atoms with Crippen molar-refractivity contribution in [2.75, 3.05) is 0 Å². The third-order valence-electron chi connectivity index (χ3n) is 3.68. The normalized spacial score (nSPS) is 11.7. The summed E-state index contributed by atoms with van der Waals surface area (Å²) in [4.78, 5) is 0. The van der Waals surface area contributed by atoms with Crippen molar-refractivity contribution in [1.29, 1.82) is 0 Å². The molecule has 0 atom stereocenters. The van der Waals surface area contributed by atoms with Crippen LogP contribution in [0.4, 0.5) is 0 Å². The van der Waals surface area contributed by atoms with Crippen LogP contribution in [0.2, 0.25) is 0 Å². The van der Waals surface area contributed by atoms with Gasteiger partial charge in [-0.25, -0.2) is 0 Å². The highest BCUT2D eigenvalue weighted by molar-refractivity contribution is 14.1. The Morgan fingerprint density at radius 1 is 0.958 bits per heavy atom. The summed E-state index contributed by atoms with van der Waals surface area (Å²) in [6.07, 6.45) is 0. The van der Waals surface area contributed by atoms with Crippen LogP contribution in [0.1, 0.15) is 31.9 Å². The van der Waals surface area contributed by atoms with Gasteiger partial charge in [0.1, 0.15) is 0 Å². The van der Waals surface area contributed by atoms with Crippen LogP contribution in [0.25, 0.3) is 11.5 Å². The molecule has 0 unspecified atom stereocenters. The number of nitrogens with zero attached hydrogens (tertiary/aromatic N) is 2. The zero-order chi connectivity index (χ0) is 17.2. The van der Waals surface area contributed by atoms with Crippen LogP contribution in [0.5, 0.6) is 0 Å². The van der Waals surface area contributed by atoms with Gasteiger partial charge in [-0.15, -0.1) is 10.2 Å². The standard InChI is InChI=1S/C19H19IN2OS/c1-19(2,3)15-8-6-14(7-9-15)17-21-22-18(23-17)24-12-13-4-10-16(20)11-5-13/h4-11H,12H2,1-3H3. The van der Waals surface area contributed by atoms with Crippen molar-refractivity contribution in [2.24, 2.45) is 0 Å². The van der Waals surface area contributed by atoms with E-state index in [1.165, 1.54) is 14.7 Å². The van der Waals surface area contributed by atoms with Gasteiger partial charge in [0, 0.05) is 14.9 Å². The Bertz CT molecular complexity index is 805. The predicted molar refractivity (Wildman–Crippen MR) is 107 cm³/mol. The van der Waals surface area contributed by atoms with Crippen LogP contribution in [-0.4, -0.2) is 10.2 Å². The minimum Gasteiger partial charge on any atom is -0.411 e. The van der Waals surface area contributed by atoms with Gasteiger partial charge in [-0.05, 0) is 63.4 Å². The van der Waals surface area contributed by atoms with Gasteiger partial charge in [-0.1, -0.05) is 56.8 Å². The van der Waals surface area contributed by atoms with E-state index in [0.717, 1.165) is 11.3 Å². The monoisotopic (exact) mass is 450 g/mol. The Morgan fingerprint density at radius 2 is 1.62 bits per heavy atom. The van der Waals surface area contributed by atoms with E-state index >= 15 is 0 Å². The first kappa shape index (κ1) is 17.5. The van der Waals surface area contributed by atoms with Gasteiger partial charge in [-0.3, -0.25) is 0 Å². The molecule has 1 heterocycles. The van der Waals surface area contributed by atoms with E-state index in [-0.39, 0.29) is 5.41 Å². The van der Waals surface area contributed by atoms with Crippen molar-refractivity contribution in [2.45, 2.75) is 37.2 Å². The molecule has 124 valence electrons. The maximum absolute atomic E-state index is 5.78. The van der Waals surface area contributed by atoms with E-state index in [1.807, 2.05) is 12.1 Å². The summed E-state index contributed by atoms with van der Waals surface area (Å²) >= 11 is 3.87. The Hall–Kier alpha value is -1.34. The summed E-state index contributed by atoms with van der Waals surface area (Å²) in [5, 5.41) is 8.91. The number of aromatic nitrogens is 2. The average molecular weight is 450 g/mol. The number of thioether (sulfide) groups is 1. The average Bonchev–Trinajstić information content (AvgIpc) is 3.03. The predicted octanol–water partition coefficient (Wildman–Crippen LogP) is 5.93. The number of halogens is 1. The van der Waals surface area contributed by atoms with Crippen molar-refractivity contribution in [3.05, 3.63) is 63.2 Å². The molecule has 1 aromatic heterocycles. The van der Waals surface area contributed by atoms with Crippen molar-refractivity contribution in [3.63, 3.8) is 0 Å². The molecule has 0 aliphatic carbocycles. The number of rotatable bonds is 4. The van der Waals surface area contributed by atoms with E-state index in [2.05, 4.69) is 90.0 Å². The Balaban J connectivity index is 1.68. The van der Waals surface area contributed by atoms with Crippen LogP contribution in [0.15, 0.2) is 58.2 Å². The fourth-order valence-electron chi connectivity index (χ4n) is 2.22.